The van der Waals surface area contributed by atoms with Crippen LogP contribution in [0.2, 0.25) is 10.0 Å². The molecule has 190 valence electrons. The van der Waals surface area contributed by atoms with E-state index in [1.807, 2.05) is 19.2 Å². The molecule has 10 heteroatoms. The molecular weight excluding hydrogens is 530 g/mol. The fourth-order valence-corrected chi connectivity index (χ4v) is 5.17. The van der Waals surface area contributed by atoms with Crippen LogP contribution in [0.4, 0.5) is 5.69 Å². The topological polar surface area (TPSA) is 69.6 Å². The van der Waals surface area contributed by atoms with Gasteiger partial charge in [0.05, 0.1) is 32.5 Å². The molecule has 1 aromatic carbocycles. The number of ketones is 1. The van der Waals surface area contributed by atoms with E-state index >= 15 is 0 Å². The lowest BCUT2D eigenvalue weighted by molar-refractivity contribution is 0.101. The molecule has 2 heterocycles. The number of aromatic hydroxyl groups is 1. The third kappa shape index (κ3) is 5.95. The molecule has 1 aliphatic rings. The standard InChI is InChI=1S/C25H28Cl2N4O2.2ClH/c1-14(32)18-13-28-22-10-9-21(15-11-19(26)25(33)20(27)12-15)29-23(22)24(18)31(4)17-7-5-16(6-8-17)30(2)3;;/h9-13,16-17,33H,5-8H2,1-4H3;2*1H/t16-,17-;;. The van der Waals surface area contributed by atoms with Crippen molar-refractivity contribution in [2.75, 3.05) is 26.0 Å². The molecule has 1 saturated carbocycles. The molecule has 3 aromatic rings. The number of hydrogen-bond donors (Lipinski definition) is 1. The molecule has 0 bridgehead atoms. The molecule has 0 radical (unpaired) electrons. The zero-order chi connectivity index (χ0) is 23.9. The van der Waals surface area contributed by atoms with Gasteiger partial charge in [-0.2, -0.15) is 0 Å². The van der Waals surface area contributed by atoms with Gasteiger partial charge >= 0.3 is 0 Å². The molecule has 0 aliphatic heterocycles. The van der Waals surface area contributed by atoms with Crippen LogP contribution in [0.15, 0.2) is 30.5 Å². The Kier molecular flexibility index (Phi) is 10.0. The highest BCUT2D eigenvalue weighted by molar-refractivity contribution is 6.37. The van der Waals surface area contributed by atoms with Crippen molar-refractivity contribution < 1.29 is 9.90 Å². The summed E-state index contributed by atoms with van der Waals surface area (Å²) >= 11 is 12.3. The lowest BCUT2D eigenvalue weighted by atomic mass is 9.89. The van der Waals surface area contributed by atoms with E-state index in [1.54, 1.807) is 25.3 Å². The number of carbonyl (C=O) groups is 1. The molecule has 0 spiro atoms. The molecule has 0 unspecified atom stereocenters. The molecule has 4 rings (SSSR count). The van der Waals surface area contributed by atoms with Gasteiger partial charge in [-0.3, -0.25) is 9.78 Å². The number of anilines is 1. The Labute approximate surface area is 228 Å². The van der Waals surface area contributed by atoms with Gasteiger partial charge in [0, 0.05) is 30.9 Å². The predicted octanol–water partition coefficient (Wildman–Crippen LogP) is 6.66. The average Bonchev–Trinajstić information content (AvgIpc) is 2.80. The zero-order valence-corrected chi connectivity index (χ0v) is 23.2. The minimum Gasteiger partial charge on any atom is -0.505 e. The van der Waals surface area contributed by atoms with Crippen LogP contribution in [0.25, 0.3) is 22.3 Å². The fourth-order valence-electron chi connectivity index (χ4n) is 4.69. The van der Waals surface area contributed by atoms with Crippen molar-refractivity contribution in [3.63, 3.8) is 0 Å². The normalized spacial score (nSPS) is 17.6. The first-order chi connectivity index (χ1) is 15.7. The number of hydrogen-bond acceptors (Lipinski definition) is 6. The maximum absolute atomic E-state index is 12.6. The summed E-state index contributed by atoms with van der Waals surface area (Å²) in [6.07, 6.45) is 5.97. The molecule has 0 amide bonds. The number of benzene rings is 1. The van der Waals surface area contributed by atoms with E-state index < -0.39 is 0 Å². The van der Waals surface area contributed by atoms with Crippen molar-refractivity contribution in [1.82, 2.24) is 14.9 Å². The van der Waals surface area contributed by atoms with Gasteiger partial charge in [-0.25, -0.2) is 4.98 Å². The lowest BCUT2D eigenvalue weighted by Gasteiger charge is -2.38. The summed E-state index contributed by atoms with van der Waals surface area (Å²) in [6.45, 7) is 1.56. The quantitative estimate of drug-likeness (QED) is 0.352. The van der Waals surface area contributed by atoms with Gasteiger partial charge < -0.3 is 14.9 Å². The van der Waals surface area contributed by atoms with Crippen molar-refractivity contribution in [2.24, 2.45) is 0 Å². The van der Waals surface area contributed by atoms with Gasteiger partial charge in [-0.1, -0.05) is 23.2 Å². The maximum Gasteiger partial charge on any atom is 0.163 e. The number of aromatic nitrogens is 2. The van der Waals surface area contributed by atoms with Crippen LogP contribution in [-0.4, -0.2) is 59.0 Å². The zero-order valence-electron chi connectivity index (χ0n) is 20.1. The highest BCUT2D eigenvalue weighted by atomic mass is 35.5. The lowest BCUT2D eigenvalue weighted by Crippen LogP contribution is -2.41. The first-order valence-corrected chi connectivity index (χ1v) is 11.8. The van der Waals surface area contributed by atoms with Crippen molar-refractivity contribution >= 4 is 70.5 Å². The van der Waals surface area contributed by atoms with Crippen molar-refractivity contribution in [3.8, 4) is 17.0 Å². The minimum absolute atomic E-state index is 0. The highest BCUT2D eigenvalue weighted by Gasteiger charge is 2.28. The van der Waals surface area contributed by atoms with Gasteiger partial charge in [0.15, 0.2) is 11.5 Å². The maximum atomic E-state index is 12.6. The van der Waals surface area contributed by atoms with E-state index in [9.17, 15) is 9.90 Å². The number of phenols is 1. The van der Waals surface area contributed by atoms with Gasteiger partial charge in [-0.05, 0) is 71.0 Å². The van der Waals surface area contributed by atoms with Crippen LogP contribution in [0, 0.1) is 0 Å². The molecule has 0 saturated heterocycles. The van der Waals surface area contributed by atoms with Crippen LogP contribution in [0.3, 0.4) is 0 Å². The first-order valence-electron chi connectivity index (χ1n) is 11.1. The van der Waals surface area contributed by atoms with E-state index in [1.165, 1.54) is 0 Å². The Morgan fingerprint density at radius 1 is 1.00 bits per heavy atom. The van der Waals surface area contributed by atoms with E-state index in [0.29, 0.717) is 39.9 Å². The van der Waals surface area contributed by atoms with E-state index in [2.05, 4.69) is 28.9 Å². The Morgan fingerprint density at radius 3 is 2.11 bits per heavy atom. The molecule has 0 atom stereocenters. The Balaban J connectivity index is 0.00000216. The van der Waals surface area contributed by atoms with Crippen LogP contribution >= 0.6 is 48.0 Å². The number of Topliss-reactive ketones (excluding diaryl/α,β-unsaturated/α-hetero) is 1. The molecule has 1 N–H and O–H groups in total. The Bertz CT molecular complexity index is 1190. The van der Waals surface area contributed by atoms with Gasteiger partial charge in [0.1, 0.15) is 5.52 Å². The Hall–Kier alpha value is -1.83. The van der Waals surface area contributed by atoms with E-state index in [4.69, 9.17) is 28.2 Å². The van der Waals surface area contributed by atoms with Gasteiger partial charge in [0.2, 0.25) is 0 Å². The van der Waals surface area contributed by atoms with Crippen LogP contribution in [0.5, 0.6) is 5.75 Å². The number of pyridine rings is 2. The van der Waals surface area contributed by atoms with Gasteiger partial charge in [0.25, 0.3) is 0 Å². The van der Waals surface area contributed by atoms with Gasteiger partial charge in [-0.15, -0.1) is 24.8 Å². The smallest absolute Gasteiger partial charge is 0.163 e. The summed E-state index contributed by atoms with van der Waals surface area (Å²) in [5.74, 6) is -0.201. The minimum atomic E-state index is -0.155. The summed E-state index contributed by atoms with van der Waals surface area (Å²) < 4.78 is 0. The molecular formula is C25H30Cl4N4O2. The number of phenolic OH excluding ortho intramolecular Hbond substituents is 1. The monoisotopic (exact) mass is 558 g/mol. The number of fused-ring (bicyclic) bond motifs is 1. The van der Waals surface area contributed by atoms with Crippen LogP contribution < -0.4 is 4.90 Å². The number of rotatable bonds is 5. The van der Waals surface area contributed by atoms with Crippen molar-refractivity contribution in [3.05, 3.63) is 46.1 Å². The molecule has 6 nitrogen and oxygen atoms in total. The predicted molar refractivity (Wildman–Crippen MR) is 149 cm³/mol. The summed E-state index contributed by atoms with van der Waals surface area (Å²) in [4.78, 5) is 26.5. The summed E-state index contributed by atoms with van der Waals surface area (Å²) in [7, 11) is 6.31. The summed E-state index contributed by atoms with van der Waals surface area (Å²) in [6, 6.07) is 7.89. The third-order valence-corrected chi connectivity index (χ3v) is 7.25. The summed E-state index contributed by atoms with van der Waals surface area (Å²) in [5.41, 5.74) is 4.06. The summed E-state index contributed by atoms with van der Waals surface area (Å²) in [5, 5.41) is 10.2. The van der Waals surface area contributed by atoms with E-state index in [0.717, 1.165) is 31.4 Å². The van der Waals surface area contributed by atoms with Crippen molar-refractivity contribution in [2.45, 2.75) is 44.7 Å². The molecule has 1 aliphatic carbocycles. The Morgan fingerprint density at radius 2 is 1.57 bits per heavy atom. The highest BCUT2D eigenvalue weighted by Crippen LogP contribution is 2.38. The first kappa shape index (κ1) is 29.4. The molecule has 2 aromatic heterocycles. The van der Waals surface area contributed by atoms with E-state index in [-0.39, 0.29) is 46.4 Å². The average molecular weight is 560 g/mol. The SMILES string of the molecule is CC(=O)c1cnc2ccc(-c3cc(Cl)c(O)c(Cl)c3)nc2c1N(C)[C@H]1CC[C@H](N(C)C)CC1.Cl.Cl. The largest absolute Gasteiger partial charge is 0.505 e. The second-order valence-corrected chi connectivity index (χ2v) is 9.78. The van der Waals surface area contributed by atoms with Crippen molar-refractivity contribution in [1.29, 1.82) is 0 Å². The second-order valence-electron chi connectivity index (χ2n) is 8.97. The third-order valence-electron chi connectivity index (χ3n) is 6.68. The molecule has 35 heavy (non-hydrogen) atoms. The van der Waals surface area contributed by atoms with Crippen LogP contribution in [-0.2, 0) is 0 Å². The number of halogens is 4. The number of carbonyl (C=O) groups excluding carboxylic acids is 1. The number of nitrogens with zero attached hydrogens (tertiary/aromatic N) is 4. The fraction of sp³-hybridized carbons (Fsp3) is 0.400. The second kappa shape index (κ2) is 11.9. The molecule has 1 fully saturated rings. The van der Waals surface area contributed by atoms with Crippen LogP contribution in [0.1, 0.15) is 43.0 Å².